The molecule has 4 heteroatoms. The number of aliphatic hydroxyl groups is 1. The summed E-state index contributed by atoms with van der Waals surface area (Å²) in [7, 11) is 0. The number of oxazole rings is 1. The predicted octanol–water partition coefficient (Wildman–Crippen LogP) is 1.45. The zero-order chi connectivity index (χ0) is 10.7. The summed E-state index contributed by atoms with van der Waals surface area (Å²) in [5.41, 5.74) is 6.58. The van der Waals surface area contributed by atoms with Gasteiger partial charge in [0.2, 0.25) is 5.89 Å². The number of aryl methyl sites for hydroxylation is 2. The number of nitrogens with zero attached hydrogens (tertiary/aromatic N) is 1. The molecule has 4 nitrogen and oxygen atoms in total. The van der Waals surface area contributed by atoms with Crippen molar-refractivity contribution in [3.05, 3.63) is 17.3 Å². The van der Waals surface area contributed by atoms with E-state index in [0.29, 0.717) is 5.89 Å². The molecule has 0 aliphatic heterocycles. The van der Waals surface area contributed by atoms with Crippen molar-refractivity contribution in [1.82, 2.24) is 4.98 Å². The molecule has 3 N–H and O–H groups in total. The monoisotopic (exact) mass is 198 g/mol. The molecule has 0 spiro atoms. The lowest BCUT2D eigenvalue weighted by atomic mass is 10.1. The van der Waals surface area contributed by atoms with Gasteiger partial charge in [0, 0.05) is 6.04 Å². The van der Waals surface area contributed by atoms with Crippen molar-refractivity contribution < 1.29 is 9.52 Å². The van der Waals surface area contributed by atoms with Crippen LogP contribution in [0.1, 0.15) is 43.2 Å². The average molecular weight is 198 g/mol. The van der Waals surface area contributed by atoms with Crippen LogP contribution in [0.25, 0.3) is 0 Å². The summed E-state index contributed by atoms with van der Waals surface area (Å²) in [5, 5.41) is 9.78. The Labute approximate surface area is 84.1 Å². The van der Waals surface area contributed by atoms with Crippen LogP contribution >= 0.6 is 0 Å². The Kier molecular flexibility index (Phi) is 3.66. The lowest BCUT2D eigenvalue weighted by Gasteiger charge is -2.14. The van der Waals surface area contributed by atoms with E-state index in [1.54, 1.807) is 0 Å². The molecule has 14 heavy (non-hydrogen) atoms. The topological polar surface area (TPSA) is 72.3 Å². The van der Waals surface area contributed by atoms with E-state index in [-0.39, 0.29) is 6.04 Å². The minimum absolute atomic E-state index is 0.294. The summed E-state index contributed by atoms with van der Waals surface area (Å²) in [6.45, 7) is 5.70. The molecule has 0 fully saturated rings. The second-order valence-corrected chi connectivity index (χ2v) is 3.59. The van der Waals surface area contributed by atoms with E-state index < -0.39 is 6.10 Å². The molecule has 2 atom stereocenters. The molecule has 0 saturated carbocycles. The van der Waals surface area contributed by atoms with Crippen molar-refractivity contribution in [1.29, 1.82) is 0 Å². The summed E-state index contributed by atoms with van der Waals surface area (Å²) in [4.78, 5) is 4.12. The van der Waals surface area contributed by atoms with Crippen molar-refractivity contribution in [2.24, 2.45) is 5.73 Å². The van der Waals surface area contributed by atoms with Crippen molar-refractivity contribution in [2.45, 2.75) is 45.8 Å². The summed E-state index contributed by atoms with van der Waals surface area (Å²) >= 11 is 0. The van der Waals surface area contributed by atoms with E-state index in [1.807, 2.05) is 20.8 Å². The summed E-state index contributed by atoms with van der Waals surface area (Å²) in [5.74, 6) is 1.07. The third kappa shape index (κ3) is 2.33. The third-order valence-corrected chi connectivity index (χ3v) is 2.33. The Morgan fingerprint density at radius 3 is 2.57 bits per heavy atom. The number of hydrogen-bond acceptors (Lipinski definition) is 4. The van der Waals surface area contributed by atoms with Crippen LogP contribution in [0.15, 0.2) is 4.42 Å². The van der Waals surface area contributed by atoms with Gasteiger partial charge in [0.1, 0.15) is 11.9 Å². The van der Waals surface area contributed by atoms with Crippen LogP contribution in [0.4, 0.5) is 0 Å². The van der Waals surface area contributed by atoms with Crippen molar-refractivity contribution in [3.63, 3.8) is 0 Å². The summed E-state index contributed by atoms with van der Waals surface area (Å²) in [6.07, 6.45) is 0.917. The van der Waals surface area contributed by atoms with Crippen LogP contribution < -0.4 is 5.73 Å². The Balaban J connectivity index is 2.73. The van der Waals surface area contributed by atoms with Gasteiger partial charge in [-0.2, -0.15) is 0 Å². The Bertz CT molecular complexity index is 277. The first-order chi connectivity index (χ1) is 6.56. The van der Waals surface area contributed by atoms with Crippen molar-refractivity contribution in [2.75, 3.05) is 0 Å². The van der Waals surface area contributed by atoms with Gasteiger partial charge in [-0.05, 0) is 20.3 Å². The third-order valence-electron chi connectivity index (χ3n) is 2.33. The lowest BCUT2D eigenvalue weighted by Crippen LogP contribution is -2.28. The first kappa shape index (κ1) is 11.2. The molecule has 0 radical (unpaired) electrons. The predicted molar refractivity (Wildman–Crippen MR) is 53.8 cm³/mol. The first-order valence-electron chi connectivity index (χ1n) is 4.93. The molecule has 1 aromatic rings. The molecule has 2 unspecified atom stereocenters. The minimum Gasteiger partial charge on any atom is -0.443 e. The van der Waals surface area contributed by atoms with Gasteiger partial charge < -0.3 is 15.3 Å². The molecule has 0 aromatic carbocycles. The van der Waals surface area contributed by atoms with Crippen LogP contribution in [-0.4, -0.2) is 16.1 Å². The molecular formula is C10H18N2O2. The molecule has 0 saturated heterocycles. The fourth-order valence-electron chi connectivity index (χ4n) is 1.30. The molecule has 80 valence electrons. The molecule has 1 rings (SSSR count). The van der Waals surface area contributed by atoms with Crippen molar-refractivity contribution >= 4 is 0 Å². The van der Waals surface area contributed by atoms with Gasteiger partial charge in [-0.15, -0.1) is 0 Å². The second-order valence-electron chi connectivity index (χ2n) is 3.59. The number of aliphatic hydroxyl groups excluding tert-OH is 1. The average Bonchev–Trinajstić information content (AvgIpc) is 2.46. The normalized spacial score (nSPS) is 15.5. The standard InChI is InChI=1S/C10H18N2O2/c1-4-5-8(11)9(13)10-12-6(2)7(3)14-10/h8-9,13H,4-5,11H2,1-3H3. The van der Waals surface area contributed by atoms with E-state index in [4.69, 9.17) is 10.2 Å². The van der Waals surface area contributed by atoms with E-state index in [1.165, 1.54) is 0 Å². The van der Waals surface area contributed by atoms with Crippen LogP contribution in [0.2, 0.25) is 0 Å². The van der Waals surface area contributed by atoms with Gasteiger partial charge in [-0.3, -0.25) is 0 Å². The van der Waals surface area contributed by atoms with Crippen LogP contribution in [0, 0.1) is 13.8 Å². The number of nitrogens with two attached hydrogens (primary N) is 1. The highest BCUT2D eigenvalue weighted by molar-refractivity contribution is 5.07. The SMILES string of the molecule is CCCC(N)C(O)c1nc(C)c(C)o1. The highest BCUT2D eigenvalue weighted by Crippen LogP contribution is 2.20. The van der Waals surface area contributed by atoms with Gasteiger partial charge in [-0.25, -0.2) is 4.98 Å². The fraction of sp³-hybridized carbons (Fsp3) is 0.700. The molecule has 1 heterocycles. The number of aromatic nitrogens is 1. The van der Waals surface area contributed by atoms with Crippen LogP contribution in [-0.2, 0) is 0 Å². The largest absolute Gasteiger partial charge is 0.443 e. The van der Waals surface area contributed by atoms with E-state index in [2.05, 4.69) is 4.98 Å². The molecular weight excluding hydrogens is 180 g/mol. The summed E-state index contributed by atoms with van der Waals surface area (Å²) in [6, 6.07) is -0.294. The maximum atomic E-state index is 9.78. The molecule has 0 amide bonds. The lowest BCUT2D eigenvalue weighted by molar-refractivity contribution is 0.110. The van der Waals surface area contributed by atoms with Gasteiger partial charge >= 0.3 is 0 Å². The van der Waals surface area contributed by atoms with Gasteiger partial charge in [0.25, 0.3) is 0 Å². The fourth-order valence-corrected chi connectivity index (χ4v) is 1.30. The smallest absolute Gasteiger partial charge is 0.225 e. The quantitative estimate of drug-likeness (QED) is 0.768. The second kappa shape index (κ2) is 4.57. The Morgan fingerprint density at radius 1 is 1.50 bits per heavy atom. The van der Waals surface area contributed by atoms with E-state index in [9.17, 15) is 5.11 Å². The van der Waals surface area contributed by atoms with Gasteiger partial charge in [0.05, 0.1) is 5.69 Å². The highest BCUT2D eigenvalue weighted by atomic mass is 16.4. The van der Waals surface area contributed by atoms with E-state index >= 15 is 0 Å². The minimum atomic E-state index is -0.789. The van der Waals surface area contributed by atoms with E-state index in [0.717, 1.165) is 24.3 Å². The maximum absolute atomic E-state index is 9.78. The zero-order valence-electron chi connectivity index (χ0n) is 8.95. The zero-order valence-corrected chi connectivity index (χ0v) is 8.95. The maximum Gasteiger partial charge on any atom is 0.225 e. The highest BCUT2D eigenvalue weighted by Gasteiger charge is 2.21. The molecule has 0 aliphatic rings. The van der Waals surface area contributed by atoms with Crippen LogP contribution in [0.5, 0.6) is 0 Å². The van der Waals surface area contributed by atoms with Crippen LogP contribution in [0.3, 0.4) is 0 Å². The molecule has 0 aliphatic carbocycles. The molecule has 1 aromatic heterocycles. The Morgan fingerprint density at radius 2 is 2.14 bits per heavy atom. The Hall–Kier alpha value is -0.870. The summed E-state index contributed by atoms with van der Waals surface area (Å²) < 4.78 is 5.30. The number of hydrogen-bond donors (Lipinski definition) is 2. The number of rotatable bonds is 4. The van der Waals surface area contributed by atoms with Gasteiger partial charge in [-0.1, -0.05) is 13.3 Å². The molecule has 0 bridgehead atoms. The van der Waals surface area contributed by atoms with Gasteiger partial charge in [0.15, 0.2) is 0 Å². The van der Waals surface area contributed by atoms with Crippen molar-refractivity contribution in [3.8, 4) is 0 Å². The first-order valence-corrected chi connectivity index (χ1v) is 4.93.